The van der Waals surface area contributed by atoms with E-state index in [9.17, 15) is 4.79 Å². The van der Waals surface area contributed by atoms with Crippen LogP contribution in [-0.2, 0) is 4.79 Å². The molecule has 4 heterocycles. The van der Waals surface area contributed by atoms with Crippen molar-refractivity contribution >= 4 is 5.91 Å². The zero-order valence-electron chi connectivity index (χ0n) is 11.7. The van der Waals surface area contributed by atoms with Gasteiger partial charge in [0, 0.05) is 44.2 Å². The van der Waals surface area contributed by atoms with Crippen LogP contribution in [0.1, 0.15) is 38.1 Å². The molecule has 4 rings (SSSR count). The Bertz CT molecular complexity index is 480. The van der Waals surface area contributed by atoms with Crippen molar-refractivity contribution in [2.75, 3.05) is 19.6 Å². The SMILES string of the molecule is O=C1CC(N2CCC(n3cnnc3)CC2)C2CCCN12. The summed E-state index contributed by atoms with van der Waals surface area (Å²) in [6.07, 6.45) is 9.02. The number of likely N-dealkylation sites (tertiary alicyclic amines) is 1. The van der Waals surface area contributed by atoms with E-state index in [1.54, 1.807) is 0 Å². The summed E-state index contributed by atoms with van der Waals surface area (Å²) >= 11 is 0. The number of carbonyl (C=O) groups excluding carboxylic acids is 1. The molecule has 0 aliphatic carbocycles. The van der Waals surface area contributed by atoms with E-state index in [2.05, 4.69) is 24.6 Å². The minimum Gasteiger partial charge on any atom is -0.338 e. The summed E-state index contributed by atoms with van der Waals surface area (Å²) in [5.41, 5.74) is 0. The van der Waals surface area contributed by atoms with Gasteiger partial charge in [0.2, 0.25) is 5.91 Å². The summed E-state index contributed by atoms with van der Waals surface area (Å²) in [5.74, 6) is 0.374. The maximum atomic E-state index is 12.0. The van der Waals surface area contributed by atoms with Crippen LogP contribution < -0.4 is 0 Å². The Balaban J connectivity index is 1.41. The van der Waals surface area contributed by atoms with Gasteiger partial charge in [-0.05, 0) is 25.7 Å². The van der Waals surface area contributed by atoms with Crippen molar-refractivity contribution in [3.8, 4) is 0 Å². The summed E-state index contributed by atoms with van der Waals surface area (Å²) in [7, 11) is 0. The van der Waals surface area contributed by atoms with E-state index in [0.717, 1.165) is 38.9 Å². The number of carbonyl (C=O) groups is 1. The quantitative estimate of drug-likeness (QED) is 0.796. The van der Waals surface area contributed by atoms with Crippen LogP contribution >= 0.6 is 0 Å². The van der Waals surface area contributed by atoms with Crippen LogP contribution in [0.3, 0.4) is 0 Å². The molecule has 6 nitrogen and oxygen atoms in total. The van der Waals surface area contributed by atoms with Crippen LogP contribution in [-0.4, -0.2) is 62.2 Å². The summed E-state index contributed by atoms with van der Waals surface area (Å²) < 4.78 is 2.12. The van der Waals surface area contributed by atoms with Gasteiger partial charge in [0.15, 0.2) is 0 Å². The number of hydrogen-bond acceptors (Lipinski definition) is 4. The third kappa shape index (κ3) is 1.93. The molecule has 0 saturated carbocycles. The third-order valence-corrected chi connectivity index (χ3v) is 5.27. The fraction of sp³-hybridized carbons (Fsp3) is 0.786. The summed E-state index contributed by atoms with van der Waals surface area (Å²) in [6, 6.07) is 1.49. The van der Waals surface area contributed by atoms with Crippen LogP contribution in [0.2, 0.25) is 0 Å². The van der Waals surface area contributed by atoms with Crippen molar-refractivity contribution in [1.29, 1.82) is 0 Å². The van der Waals surface area contributed by atoms with E-state index in [-0.39, 0.29) is 0 Å². The molecule has 108 valence electrons. The molecule has 1 aromatic heterocycles. The highest BCUT2D eigenvalue weighted by Crippen LogP contribution is 2.34. The van der Waals surface area contributed by atoms with Gasteiger partial charge in [0.1, 0.15) is 12.7 Å². The first-order valence-electron chi connectivity index (χ1n) is 7.70. The average molecular weight is 275 g/mol. The van der Waals surface area contributed by atoms with Crippen molar-refractivity contribution in [3.05, 3.63) is 12.7 Å². The van der Waals surface area contributed by atoms with E-state index in [1.165, 1.54) is 12.8 Å². The number of rotatable bonds is 2. The predicted molar refractivity (Wildman–Crippen MR) is 73.0 cm³/mol. The molecule has 3 aliphatic rings. The van der Waals surface area contributed by atoms with E-state index in [0.29, 0.717) is 24.0 Å². The number of piperidine rings is 1. The van der Waals surface area contributed by atoms with E-state index < -0.39 is 0 Å². The summed E-state index contributed by atoms with van der Waals surface area (Å²) in [4.78, 5) is 16.7. The molecule has 0 bridgehead atoms. The molecular formula is C14H21N5O. The molecule has 0 N–H and O–H groups in total. The van der Waals surface area contributed by atoms with Crippen molar-refractivity contribution in [2.45, 2.75) is 50.2 Å². The molecule has 0 radical (unpaired) electrons. The molecule has 0 spiro atoms. The number of fused-ring (bicyclic) bond motifs is 1. The minimum atomic E-state index is 0.374. The molecule has 0 aromatic carbocycles. The smallest absolute Gasteiger partial charge is 0.224 e. The van der Waals surface area contributed by atoms with Gasteiger partial charge >= 0.3 is 0 Å². The molecule has 1 amide bonds. The fourth-order valence-electron chi connectivity index (χ4n) is 4.22. The molecule has 2 atom stereocenters. The molecule has 1 aromatic rings. The number of nitrogens with zero attached hydrogens (tertiary/aromatic N) is 5. The highest BCUT2D eigenvalue weighted by molar-refractivity contribution is 5.80. The summed E-state index contributed by atoms with van der Waals surface area (Å²) in [6.45, 7) is 3.16. The highest BCUT2D eigenvalue weighted by Gasteiger charge is 2.45. The fourth-order valence-corrected chi connectivity index (χ4v) is 4.22. The zero-order valence-corrected chi connectivity index (χ0v) is 11.7. The van der Waals surface area contributed by atoms with Gasteiger partial charge in [-0.3, -0.25) is 9.69 Å². The third-order valence-electron chi connectivity index (χ3n) is 5.27. The topological polar surface area (TPSA) is 54.3 Å². The van der Waals surface area contributed by atoms with E-state index in [4.69, 9.17) is 0 Å². The minimum absolute atomic E-state index is 0.374. The lowest BCUT2D eigenvalue weighted by Crippen LogP contribution is -2.46. The van der Waals surface area contributed by atoms with Crippen molar-refractivity contribution in [2.24, 2.45) is 0 Å². The van der Waals surface area contributed by atoms with Crippen LogP contribution in [0.5, 0.6) is 0 Å². The maximum Gasteiger partial charge on any atom is 0.224 e. The maximum absolute atomic E-state index is 12.0. The predicted octanol–water partition coefficient (Wildman–Crippen LogP) is 0.678. The van der Waals surface area contributed by atoms with Gasteiger partial charge in [0.25, 0.3) is 0 Å². The lowest BCUT2D eigenvalue weighted by atomic mass is 9.98. The first-order valence-corrected chi connectivity index (χ1v) is 7.70. The molecule has 6 heteroatoms. The van der Waals surface area contributed by atoms with Crippen LogP contribution in [0, 0.1) is 0 Å². The first-order chi connectivity index (χ1) is 9.83. The molecule has 3 fully saturated rings. The zero-order chi connectivity index (χ0) is 13.5. The van der Waals surface area contributed by atoms with Gasteiger partial charge in [-0.1, -0.05) is 0 Å². The second-order valence-electron chi connectivity index (χ2n) is 6.24. The average Bonchev–Trinajstić information content (AvgIpc) is 3.18. The molecule has 2 unspecified atom stereocenters. The second-order valence-corrected chi connectivity index (χ2v) is 6.24. The van der Waals surface area contributed by atoms with Gasteiger partial charge in [0.05, 0.1) is 0 Å². The standard InChI is InChI=1S/C14H21N5O/c20-14-8-13(12-2-1-5-19(12)14)17-6-3-11(4-7-17)18-9-15-16-10-18/h9-13H,1-8H2. The lowest BCUT2D eigenvalue weighted by Gasteiger charge is -2.38. The molecular weight excluding hydrogens is 254 g/mol. The van der Waals surface area contributed by atoms with Gasteiger partial charge < -0.3 is 9.47 Å². The van der Waals surface area contributed by atoms with Gasteiger partial charge in [-0.15, -0.1) is 10.2 Å². The molecule has 20 heavy (non-hydrogen) atoms. The Hall–Kier alpha value is -1.43. The van der Waals surface area contributed by atoms with Crippen molar-refractivity contribution in [3.63, 3.8) is 0 Å². The van der Waals surface area contributed by atoms with E-state index >= 15 is 0 Å². The lowest BCUT2D eigenvalue weighted by molar-refractivity contribution is -0.127. The van der Waals surface area contributed by atoms with Gasteiger partial charge in [-0.25, -0.2) is 0 Å². The molecule has 3 aliphatic heterocycles. The Kier molecular flexibility index (Phi) is 2.98. The molecule has 3 saturated heterocycles. The monoisotopic (exact) mass is 275 g/mol. The van der Waals surface area contributed by atoms with Gasteiger partial charge in [-0.2, -0.15) is 0 Å². The Morgan fingerprint density at radius 3 is 2.50 bits per heavy atom. The second kappa shape index (κ2) is 4.84. The van der Waals surface area contributed by atoms with Crippen LogP contribution in [0.25, 0.3) is 0 Å². The van der Waals surface area contributed by atoms with Crippen LogP contribution in [0.15, 0.2) is 12.7 Å². The van der Waals surface area contributed by atoms with Crippen molar-refractivity contribution < 1.29 is 4.79 Å². The Labute approximate surface area is 118 Å². The number of hydrogen-bond donors (Lipinski definition) is 0. The van der Waals surface area contributed by atoms with Crippen molar-refractivity contribution in [1.82, 2.24) is 24.6 Å². The first kappa shape index (κ1) is 12.3. The number of amides is 1. The normalized spacial score (nSPS) is 32.0. The Morgan fingerprint density at radius 1 is 1.00 bits per heavy atom. The van der Waals surface area contributed by atoms with E-state index in [1.807, 2.05) is 12.7 Å². The number of aromatic nitrogens is 3. The van der Waals surface area contributed by atoms with Crippen LogP contribution in [0.4, 0.5) is 0 Å². The largest absolute Gasteiger partial charge is 0.338 e. The summed E-state index contributed by atoms with van der Waals surface area (Å²) in [5, 5.41) is 7.79. The Morgan fingerprint density at radius 2 is 1.75 bits per heavy atom. The highest BCUT2D eigenvalue weighted by atomic mass is 16.2.